The maximum Gasteiger partial charge on any atom is 0.251 e. The van der Waals surface area contributed by atoms with Crippen LogP contribution in [0.1, 0.15) is 12.0 Å². The molecule has 1 N–H and O–H groups in total. The number of carbonyl (C=O) groups excluding carboxylic acids is 2. The highest BCUT2D eigenvalue weighted by Crippen LogP contribution is 2.24. The highest BCUT2D eigenvalue weighted by molar-refractivity contribution is 6.06. The van der Waals surface area contributed by atoms with Crippen molar-refractivity contribution in [3.05, 3.63) is 23.8 Å². The second kappa shape index (κ2) is 4.98. The summed E-state index contributed by atoms with van der Waals surface area (Å²) >= 11 is 0. The molecule has 1 fully saturated rings. The number of hydrogen-bond donors (Lipinski definition) is 1. The van der Waals surface area contributed by atoms with Gasteiger partial charge in [-0.25, -0.2) is 0 Å². The highest BCUT2D eigenvalue weighted by Gasteiger charge is 2.36. The summed E-state index contributed by atoms with van der Waals surface area (Å²) in [6.07, 6.45) is 0.0947. The van der Waals surface area contributed by atoms with E-state index < -0.39 is 6.04 Å². The minimum absolute atomic E-state index is 0.0947. The first-order valence-electron chi connectivity index (χ1n) is 5.72. The van der Waals surface area contributed by atoms with Crippen LogP contribution < -0.4 is 10.1 Å². The number of likely N-dealkylation sites (tertiary alicyclic amines) is 1. The van der Waals surface area contributed by atoms with Gasteiger partial charge in [-0.1, -0.05) is 0 Å². The second-order valence-electron chi connectivity index (χ2n) is 4.22. The van der Waals surface area contributed by atoms with E-state index in [0.717, 1.165) is 4.90 Å². The Morgan fingerprint density at radius 3 is 2.74 bits per heavy atom. The molecule has 0 bridgehead atoms. The minimum Gasteiger partial charge on any atom is -0.497 e. The fourth-order valence-corrected chi connectivity index (χ4v) is 1.92. The Kier molecular flexibility index (Phi) is 3.38. The van der Waals surface area contributed by atoms with Gasteiger partial charge < -0.3 is 10.1 Å². The lowest BCUT2D eigenvalue weighted by Gasteiger charge is -2.14. The van der Waals surface area contributed by atoms with Gasteiger partial charge in [0.2, 0.25) is 5.91 Å². The van der Waals surface area contributed by atoms with Crippen LogP contribution in [0.4, 0.5) is 5.69 Å². The maximum absolute atomic E-state index is 11.8. The van der Waals surface area contributed by atoms with E-state index in [9.17, 15) is 9.59 Å². The molecule has 1 aromatic carbocycles. The zero-order valence-electron chi connectivity index (χ0n) is 10.6. The fourth-order valence-electron chi connectivity index (χ4n) is 1.92. The molecule has 0 aliphatic carbocycles. The maximum atomic E-state index is 11.8. The molecule has 0 aromatic heterocycles. The highest BCUT2D eigenvalue weighted by atomic mass is 16.5. The van der Waals surface area contributed by atoms with Crippen molar-refractivity contribution in [3.63, 3.8) is 0 Å². The van der Waals surface area contributed by atoms with Gasteiger partial charge in [-0.05, 0) is 12.1 Å². The molecule has 6 heteroatoms. The molecular weight excluding hydrogens is 246 g/mol. The van der Waals surface area contributed by atoms with Crippen molar-refractivity contribution in [3.8, 4) is 11.8 Å². The van der Waals surface area contributed by atoms with Gasteiger partial charge in [-0.15, -0.1) is 0 Å². The van der Waals surface area contributed by atoms with Crippen LogP contribution >= 0.6 is 0 Å². The third-order valence-electron chi connectivity index (χ3n) is 3.06. The smallest absolute Gasteiger partial charge is 0.251 e. The first-order valence-corrected chi connectivity index (χ1v) is 5.72. The summed E-state index contributed by atoms with van der Waals surface area (Å²) in [4.78, 5) is 24.3. The van der Waals surface area contributed by atoms with Crippen LogP contribution in [-0.4, -0.2) is 36.9 Å². The molecule has 1 saturated heterocycles. The number of methoxy groups -OCH3 is 1. The Labute approximate surface area is 110 Å². The van der Waals surface area contributed by atoms with E-state index >= 15 is 0 Å². The molecule has 1 aliphatic heterocycles. The lowest BCUT2D eigenvalue weighted by atomic mass is 10.1. The monoisotopic (exact) mass is 259 g/mol. The summed E-state index contributed by atoms with van der Waals surface area (Å²) in [5, 5.41) is 12.0. The molecule has 98 valence electrons. The molecule has 1 unspecified atom stereocenters. The standard InChI is InChI=1S/C13H13N3O3/c1-16-12(17)6-11(13(16)18)15-10-5-9(19-2)4-3-8(10)7-14/h3-5,11,15H,6H2,1-2H3. The van der Waals surface area contributed by atoms with Crippen molar-refractivity contribution in [2.75, 3.05) is 19.5 Å². The second-order valence-corrected chi connectivity index (χ2v) is 4.22. The van der Waals surface area contributed by atoms with Crippen molar-refractivity contribution >= 4 is 17.5 Å². The Morgan fingerprint density at radius 2 is 2.21 bits per heavy atom. The molecule has 6 nitrogen and oxygen atoms in total. The Balaban J connectivity index is 2.26. The predicted octanol–water partition coefficient (Wildman–Crippen LogP) is 0.736. The van der Waals surface area contributed by atoms with Crippen molar-refractivity contribution < 1.29 is 14.3 Å². The van der Waals surface area contributed by atoms with Crippen LogP contribution in [0, 0.1) is 11.3 Å². The van der Waals surface area contributed by atoms with Crippen LogP contribution in [0.5, 0.6) is 5.75 Å². The number of nitrogens with one attached hydrogen (secondary N) is 1. The number of anilines is 1. The molecule has 2 rings (SSSR count). The largest absolute Gasteiger partial charge is 0.497 e. The number of carbonyl (C=O) groups is 2. The average molecular weight is 259 g/mol. The van der Waals surface area contributed by atoms with Gasteiger partial charge in [0.05, 0.1) is 24.8 Å². The molecule has 2 amide bonds. The van der Waals surface area contributed by atoms with Gasteiger partial charge in [0.15, 0.2) is 0 Å². The Hall–Kier alpha value is -2.55. The van der Waals surface area contributed by atoms with Crippen molar-refractivity contribution in [1.82, 2.24) is 4.90 Å². The van der Waals surface area contributed by atoms with Crippen LogP contribution in [0.2, 0.25) is 0 Å². The van der Waals surface area contributed by atoms with E-state index in [1.54, 1.807) is 18.2 Å². The van der Waals surface area contributed by atoms with Gasteiger partial charge in [0, 0.05) is 13.1 Å². The van der Waals surface area contributed by atoms with Gasteiger partial charge in [-0.2, -0.15) is 5.26 Å². The fraction of sp³-hybridized carbons (Fsp3) is 0.308. The number of nitrogens with zero attached hydrogens (tertiary/aromatic N) is 2. The van der Waals surface area contributed by atoms with Gasteiger partial charge >= 0.3 is 0 Å². The van der Waals surface area contributed by atoms with E-state index in [-0.39, 0.29) is 18.2 Å². The summed E-state index contributed by atoms with van der Waals surface area (Å²) in [6.45, 7) is 0. The lowest BCUT2D eigenvalue weighted by molar-refractivity contribution is -0.136. The number of rotatable bonds is 3. The molecule has 1 heterocycles. The van der Waals surface area contributed by atoms with E-state index in [1.165, 1.54) is 14.2 Å². The molecule has 0 saturated carbocycles. The number of likely N-dealkylation sites (N-methyl/N-ethyl adjacent to an activating group) is 1. The summed E-state index contributed by atoms with van der Waals surface area (Å²) in [7, 11) is 2.96. The molecule has 1 atom stereocenters. The number of imide groups is 1. The van der Waals surface area contributed by atoms with Gasteiger partial charge in [0.1, 0.15) is 17.9 Å². The third-order valence-corrected chi connectivity index (χ3v) is 3.06. The first-order chi connectivity index (χ1) is 9.06. The molecule has 19 heavy (non-hydrogen) atoms. The zero-order valence-corrected chi connectivity index (χ0v) is 10.6. The van der Waals surface area contributed by atoms with Crippen molar-refractivity contribution in [2.24, 2.45) is 0 Å². The van der Waals surface area contributed by atoms with Crippen LogP contribution in [-0.2, 0) is 9.59 Å². The lowest BCUT2D eigenvalue weighted by Crippen LogP contribution is -2.32. The van der Waals surface area contributed by atoms with Crippen LogP contribution in [0.15, 0.2) is 18.2 Å². The van der Waals surface area contributed by atoms with E-state index in [1.807, 2.05) is 6.07 Å². The summed E-state index contributed by atoms with van der Waals surface area (Å²) in [5.41, 5.74) is 0.888. The topological polar surface area (TPSA) is 82.4 Å². The average Bonchev–Trinajstić information content (AvgIpc) is 2.66. The number of hydrogen-bond acceptors (Lipinski definition) is 5. The number of amides is 2. The summed E-state index contributed by atoms with van der Waals surface area (Å²) < 4.78 is 5.08. The molecule has 0 radical (unpaired) electrons. The SMILES string of the molecule is COc1ccc(C#N)c(NC2CC(=O)N(C)C2=O)c1. The van der Waals surface area contributed by atoms with Crippen molar-refractivity contribution in [1.29, 1.82) is 5.26 Å². The van der Waals surface area contributed by atoms with Gasteiger partial charge in [0.25, 0.3) is 5.91 Å². The summed E-state index contributed by atoms with van der Waals surface area (Å²) in [5.74, 6) is 0.0484. The van der Waals surface area contributed by atoms with E-state index in [2.05, 4.69) is 5.32 Å². The van der Waals surface area contributed by atoms with E-state index in [0.29, 0.717) is 17.0 Å². The predicted molar refractivity (Wildman–Crippen MR) is 67.5 cm³/mol. The minimum atomic E-state index is -0.628. The van der Waals surface area contributed by atoms with Gasteiger partial charge in [-0.3, -0.25) is 14.5 Å². The number of ether oxygens (including phenoxy) is 1. The molecule has 1 aromatic rings. The molecular formula is C13H13N3O3. The number of nitriles is 1. The van der Waals surface area contributed by atoms with Crippen LogP contribution in [0.25, 0.3) is 0 Å². The quantitative estimate of drug-likeness (QED) is 0.809. The Bertz CT molecular complexity index is 577. The Morgan fingerprint density at radius 1 is 1.47 bits per heavy atom. The number of benzene rings is 1. The normalized spacial score (nSPS) is 18.4. The third kappa shape index (κ3) is 2.36. The first kappa shape index (κ1) is 12.9. The van der Waals surface area contributed by atoms with Crippen LogP contribution in [0.3, 0.4) is 0 Å². The molecule has 0 spiro atoms. The summed E-state index contributed by atoms with van der Waals surface area (Å²) in [6, 6.07) is 6.30. The van der Waals surface area contributed by atoms with E-state index in [4.69, 9.17) is 10.00 Å². The molecule has 1 aliphatic rings. The zero-order chi connectivity index (χ0) is 14.0. The van der Waals surface area contributed by atoms with Crippen molar-refractivity contribution in [2.45, 2.75) is 12.5 Å².